The van der Waals surface area contributed by atoms with Gasteiger partial charge in [0.25, 0.3) is 11.5 Å². The van der Waals surface area contributed by atoms with Gasteiger partial charge in [-0.2, -0.15) is 0 Å². The molecule has 0 aliphatic carbocycles. The average Bonchev–Trinajstić information content (AvgIpc) is 3.13. The maximum atomic E-state index is 12.6. The number of aromatic nitrogens is 2. The number of benzene rings is 1. The summed E-state index contributed by atoms with van der Waals surface area (Å²) < 4.78 is 0. The number of piperazine rings is 1. The fourth-order valence-electron chi connectivity index (χ4n) is 3.49. The highest BCUT2D eigenvalue weighted by atomic mass is 32.1. The molecule has 0 spiro atoms. The van der Waals surface area contributed by atoms with Crippen LogP contribution in [0, 0.1) is 6.92 Å². The lowest BCUT2D eigenvalue weighted by molar-refractivity contribution is 0.0580. The van der Waals surface area contributed by atoms with Gasteiger partial charge in [0, 0.05) is 31.1 Å². The van der Waals surface area contributed by atoms with Crippen LogP contribution < -0.4 is 5.56 Å². The van der Waals surface area contributed by atoms with Crippen molar-refractivity contribution in [3.05, 3.63) is 62.3 Å². The molecule has 1 saturated heterocycles. The molecular formula is C20H22N4O2S. The second-order valence-electron chi connectivity index (χ2n) is 6.88. The summed E-state index contributed by atoms with van der Waals surface area (Å²) in [5, 5.41) is 0.607. The van der Waals surface area contributed by atoms with E-state index in [4.69, 9.17) is 0 Å². The van der Waals surface area contributed by atoms with Gasteiger partial charge >= 0.3 is 0 Å². The van der Waals surface area contributed by atoms with Crippen LogP contribution in [0.5, 0.6) is 0 Å². The predicted octanol–water partition coefficient (Wildman–Crippen LogP) is 2.81. The molecule has 27 heavy (non-hydrogen) atoms. The largest absolute Gasteiger partial charge is 0.335 e. The Morgan fingerprint density at radius 2 is 1.89 bits per heavy atom. The molecule has 3 aromatic rings. The summed E-state index contributed by atoms with van der Waals surface area (Å²) in [6.07, 6.45) is 0. The molecule has 1 N–H and O–H groups in total. The maximum absolute atomic E-state index is 12.6. The Bertz CT molecular complexity index is 1030. The van der Waals surface area contributed by atoms with Gasteiger partial charge in [0.05, 0.1) is 21.8 Å². The summed E-state index contributed by atoms with van der Waals surface area (Å²) >= 11 is 1.54. The summed E-state index contributed by atoms with van der Waals surface area (Å²) in [6.45, 7) is 6.93. The van der Waals surface area contributed by atoms with Crippen LogP contribution in [0.2, 0.25) is 0 Å². The fourth-order valence-corrected chi connectivity index (χ4v) is 4.33. The number of nitrogens with zero attached hydrogens (tertiary/aromatic N) is 3. The van der Waals surface area contributed by atoms with E-state index in [-0.39, 0.29) is 17.5 Å². The predicted molar refractivity (Wildman–Crippen MR) is 107 cm³/mol. The number of nitrogens with one attached hydrogen (secondary N) is 1. The number of aromatic amines is 1. The number of hydrogen-bond donors (Lipinski definition) is 1. The lowest BCUT2D eigenvalue weighted by Crippen LogP contribution is -2.49. The van der Waals surface area contributed by atoms with E-state index in [1.165, 1.54) is 0 Å². The first-order valence-corrected chi connectivity index (χ1v) is 9.93. The SMILES string of the molecule is Cc1ccc(C(=O)N2CCN(C(C)c3nc4ccccc4c(=O)[nH]3)CC2)s1. The molecule has 1 aliphatic heterocycles. The van der Waals surface area contributed by atoms with Crippen LogP contribution in [0.4, 0.5) is 0 Å². The number of carbonyl (C=O) groups is 1. The zero-order valence-electron chi connectivity index (χ0n) is 15.4. The molecule has 3 heterocycles. The molecule has 1 atom stereocenters. The van der Waals surface area contributed by atoms with Crippen molar-refractivity contribution in [2.24, 2.45) is 0 Å². The molecule has 1 fully saturated rings. The normalized spacial score (nSPS) is 16.6. The van der Waals surface area contributed by atoms with Gasteiger partial charge in [0.2, 0.25) is 0 Å². The molecular weight excluding hydrogens is 360 g/mol. The van der Waals surface area contributed by atoms with Crippen molar-refractivity contribution >= 4 is 28.1 Å². The van der Waals surface area contributed by atoms with Gasteiger partial charge in [-0.1, -0.05) is 12.1 Å². The van der Waals surface area contributed by atoms with Crippen LogP contribution in [0.3, 0.4) is 0 Å². The third-order valence-corrected chi connectivity index (χ3v) is 6.12. The molecule has 7 heteroatoms. The third kappa shape index (κ3) is 3.52. The quantitative estimate of drug-likeness (QED) is 0.756. The molecule has 1 unspecified atom stereocenters. The second kappa shape index (κ2) is 7.25. The van der Waals surface area contributed by atoms with Crippen molar-refractivity contribution in [2.75, 3.05) is 26.2 Å². The van der Waals surface area contributed by atoms with Crippen molar-refractivity contribution < 1.29 is 4.79 Å². The summed E-state index contributed by atoms with van der Waals surface area (Å²) in [5.41, 5.74) is 0.606. The number of H-pyrrole nitrogens is 1. The lowest BCUT2D eigenvalue weighted by atomic mass is 10.2. The first-order valence-electron chi connectivity index (χ1n) is 9.11. The molecule has 2 aromatic heterocycles. The number of aryl methyl sites for hydroxylation is 1. The van der Waals surface area contributed by atoms with E-state index in [2.05, 4.69) is 14.9 Å². The number of rotatable bonds is 3. The molecule has 1 aromatic carbocycles. The summed E-state index contributed by atoms with van der Waals surface area (Å²) in [4.78, 5) is 38.6. The Labute approximate surface area is 161 Å². The Morgan fingerprint density at radius 3 is 2.59 bits per heavy atom. The minimum Gasteiger partial charge on any atom is -0.335 e. The van der Waals surface area contributed by atoms with Gasteiger partial charge in [-0.05, 0) is 38.1 Å². The van der Waals surface area contributed by atoms with Crippen molar-refractivity contribution in [2.45, 2.75) is 19.9 Å². The minimum atomic E-state index is -0.107. The molecule has 4 rings (SSSR count). The molecule has 140 valence electrons. The van der Waals surface area contributed by atoms with E-state index in [9.17, 15) is 9.59 Å². The highest BCUT2D eigenvalue weighted by Gasteiger charge is 2.27. The van der Waals surface area contributed by atoms with Crippen molar-refractivity contribution in [1.82, 2.24) is 19.8 Å². The van der Waals surface area contributed by atoms with E-state index in [0.717, 1.165) is 22.8 Å². The highest BCUT2D eigenvalue weighted by Crippen LogP contribution is 2.22. The zero-order valence-corrected chi connectivity index (χ0v) is 16.3. The van der Waals surface area contributed by atoms with Gasteiger partial charge in [0.15, 0.2) is 0 Å². The maximum Gasteiger partial charge on any atom is 0.264 e. The monoisotopic (exact) mass is 382 g/mol. The van der Waals surface area contributed by atoms with Gasteiger partial charge in [-0.15, -0.1) is 11.3 Å². The molecule has 0 bridgehead atoms. The van der Waals surface area contributed by atoms with Crippen LogP contribution in [0.15, 0.2) is 41.2 Å². The number of hydrogen-bond acceptors (Lipinski definition) is 5. The van der Waals surface area contributed by atoms with E-state index in [0.29, 0.717) is 29.8 Å². The van der Waals surface area contributed by atoms with Crippen LogP contribution in [-0.4, -0.2) is 51.9 Å². The molecule has 0 saturated carbocycles. The summed E-state index contributed by atoms with van der Waals surface area (Å²) in [7, 11) is 0. The average molecular weight is 382 g/mol. The van der Waals surface area contributed by atoms with Crippen LogP contribution in [0.1, 0.15) is 33.3 Å². The minimum absolute atomic E-state index is 0.0106. The Hall–Kier alpha value is -2.51. The second-order valence-corrected chi connectivity index (χ2v) is 8.17. The van der Waals surface area contributed by atoms with Crippen molar-refractivity contribution in [3.8, 4) is 0 Å². The van der Waals surface area contributed by atoms with Gasteiger partial charge in [0.1, 0.15) is 5.82 Å². The highest BCUT2D eigenvalue weighted by molar-refractivity contribution is 7.13. The number of para-hydroxylation sites is 1. The number of amides is 1. The summed E-state index contributed by atoms with van der Waals surface area (Å²) in [6, 6.07) is 11.3. The van der Waals surface area contributed by atoms with Crippen LogP contribution in [0.25, 0.3) is 10.9 Å². The molecule has 6 nitrogen and oxygen atoms in total. The Kier molecular flexibility index (Phi) is 4.80. The fraction of sp³-hybridized carbons (Fsp3) is 0.350. The topological polar surface area (TPSA) is 69.3 Å². The van der Waals surface area contributed by atoms with Gasteiger partial charge < -0.3 is 9.88 Å². The van der Waals surface area contributed by atoms with E-state index in [1.807, 2.05) is 49.1 Å². The lowest BCUT2D eigenvalue weighted by Gasteiger charge is -2.37. The third-order valence-electron chi connectivity index (χ3n) is 5.13. The number of thiophene rings is 1. The van der Waals surface area contributed by atoms with E-state index < -0.39 is 0 Å². The first-order chi connectivity index (χ1) is 13.0. The van der Waals surface area contributed by atoms with Crippen LogP contribution >= 0.6 is 11.3 Å². The smallest absolute Gasteiger partial charge is 0.264 e. The van der Waals surface area contributed by atoms with Gasteiger partial charge in [-0.25, -0.2) is 4.98 Å². The van der Waals surface area contributed by atoms with E-state index >= 15 is 0 Å². The van der Waals surface area contributed by atoms with Crippen molar-refractivity contribution in [1.29, 1.82) is 0 Å². The van der Waals surface area contributed by atoms with Gasteiger partial charge in [-0.3, -0.25) is 14.5 Å². The molecule has 1 aliphatic rings. The number of fused-ring (bicyclic) bond motifs is 1. The van der Waals surface area contributed by atoms with E-state index in [1.54, 1.807) is 17.4 Å². The van der Waals surface area contributed by atoms with Crippen LogP contribution in [-0.2, 0) is 0 Å². The molecule has 0 radical (unpaired) electrons. The Balaban J connectivity index is 1.46. The van der Waals surface area contributed by atoms with Crippen molar-refractivity contribution in [3.63, 3.8) is 0 Å². The standard InChI is InChI=1S/C20H22N4O2S/c1-13-7-8-17(27-13)20(26)24-11-9-23(10-12-24)14(2)18-21-16-6-4-3-5-15(16)19(25)22-18/h3-8,14H,9-12H2,1-2H3,(H,21,22,25). The number of carbonyl (C=O) groups excluding carboxylic acids is 1. The molecule has 1 amide bonds. The zero-order chi connectivity index (χ0) is 19.0. The summed E-state index contributed by atoms with van der Waals surface area (Å²) in [5.74, 6) is 0.782. The first kappa shape index (κ1) is 17.9. The Morgan fingerprint density at radius 1 is 1.15 bits per heavy atom.